The van der Waals surface area contributed by atoms with Crippen molar-refractivity contribution < 1.29 is 18.0 Å². The van der Waals surface area contributed by atoms with E-state index in [1.807, 2.05) is 12.1 Å². The van der Waals surface area contributed by atoms with E-state index in [1.165, 1.54) is 18.2 Å². The molecule has 1 fully saturated rings. The van der Waals surface area contributed by atoms with Gasteiger partial charge >= 0.3 is 6.18 Å². The molecule has 4 rings (SSSR count). The Labute approximate surface area is 193 Å². The second-order valence-electron chi connectivity index (χ2n) is 8.01. The molecule has 2 nitrogen and oxygen atoms in total. The first-order valence-corrected chi connectivity index (χ1v) is 11.1. The molecule has 2 aromatic carbocycles. The monoisotopic (exact) mass is 487 g/mol. The molecule has 2 aromatic rings. The fourth-order valence-corrected chi connectivity index (χ4v) is 4.51. The number of carbonyl (C=O) groups excluding carboxylic acids is 1. The normalized spacial score (nSPS) is 19.5. The number of amides is 1. The summed E-state index contributed by atoms with van der Waals surface area (Å²) < 4.78 is 41.2. The lowest BCUT2D eigenvalue weighted by molar-refractivity contribution is -0.139. The summed E-state index contributed by atoms with van der Waals surface area (Å²) >= 11 is 17.7. The van der Waals surface area contributed by atoms with Crippen LogP contribution < -0.4 is 5.32 Å². The summed E-state index contributed by atoms with van der Waals surface area (Å²) in [6.07, 6.45) is 1.49. The van der Waals surface area contributed by atoms with Crippen molar-refractivity contribution in [3.63, 3.8) is 0 Å². The number of allylic oxidation sites excluding steroid dienone is 1. The van der Waals surface area contributed by atoms with Gasteiger partial charge in [0.15, 0.2) is 0 Å². The number of halogens is 6. The molecule has 0 aliphatic heterocycles. The number of benzene rings is 2. The minimum Gasteiger partial charge on any atom is -0.349 e. The first-order chi connectivity index (χ1) is 14.6. The molecule has 1 amide bonds. The van der Waals surface area contributed by atoms with Crippen LogP contribution in [0.15, 0.2) is 36.4 Å². The van der Waals surface area contributed by atoms with Gasteiger partial charge in [0.05, 0.1) is 27.0 Å². The van der Waals surface area contributed by atoms with Crippen molar-refractivity contribution in [1.29, 1.82) is 0 Å². The van der Waals surface area contributed by atoms with Crippen molar-refractivity contribution in [1.82, 2.24) is 5.32 Å². The zero-order valence-electron chi connectivity index (χ0n) is 16.3. The standard InChI is InChI=1S/C23H19Cl3F3NO/c24-18-10-15(11-19(25)21(18)26)17(23(27,28)29)7-2-12-1-6-16-14(9-12)5-8-20(16)30-22(31)13-3-4-13/h1-2,6-7,9-11,13,17,20H,3-5,8H2,(H,30,31). The summed E-state index contributed by atoms with van der Waals surface area (Å²) in [7, 11) is 0. The van der Waals surface area contributed by atoms with Crippen LogP contribution in [0.5, 0.6) is 0 Å². The molecule has 0 saturated heterocycles. The van der Waals surface area contributed by atoms with Crippen molar-refractivity contribution in [2.75, 3.05) is 0 Å². The van der Waals surface area contributed by atoms with E-state index in [2.05, 4.69) is 5.32 Å². The number of nitrogens with one attached hydrogen (secondary N) is 1. The number of hydrogen-bond acceptors (Lipinski definition) is 1. The predicted molar refractivity (Wildman–Crippen MR) is 118 cm³/mol. The zero-order valence-corrected chi connectivity index (χ0v) is 18.5. The Balaban J connectivity index is 1.55. The number of hydrogen-bond donors (Lipinski definition) is 1. The molecule has 164 valence electrons. The summed E-state index contributed by atoms with van der Waals surface area (Å²) in [5.41, 5.74) is 2.67. The average Bonchev–Trinajstić information content (AvgIpc) is 3.48. The van der Waals surface area contributed by atoms with Crippen molar-refractivity contribution in [3.05, 3.63) is 73.7 Å². The van der Waals surface area contributed by atoms with Gasteiger partial charge < -0.3 is 5.32 Å². The molecule has 2 aliphatic rings. The number of aryl methyl sites for hydroxylation is 1. The third-order valence-electron chi connectivity index (χ3n) is 5.71. The number of rotatable bonds is 5. The Morgan fingerprint density at radius 3 is 2.35 bits per heavy atom. The van der Waals surface area contributed by atoms with Gasteiger partial charge in [0.1, 0.15) is 0 Å². The van der Waals surface area contributed by atoms with E-state index < -0.39 is 12.1 Å². The van der Waals surface area contributed by atoms with E-state index >= 15 is 0 Å². The maximum Gasteiger partial charge on any atom is 0.399 e. The zero-order chi connectivity index (χ0) is 22.3. The lowest BCUT2D eigenvalue weighted by Crippen LogP contribution is -2.28. The van der Waals surface area contributed by atoms with Gasteiger partial charge in [-0.05, 0) is 60.1 Å². The second kappa shape index (κ2) is 8.68. The molecule has 31 heavy (non-hydrogen) atoms. The number of carbonyl (C=O) groups is 1. The van der Waals surface area contributed by atoms with Crippen molar-refractivity contribution in [2.24, 2.45) is 5.92 Å². The SMILES string of the molecule is O=C(NC1CCc2cc(C=CC(c3cc(Cl)c(Cl)c(Cl)c3)C(F)(F)F)ccc21)C1CC1. The third kappa shape index (κ3) is 5.05. The number of fused-ring (bicyclic) bond motifs is 1. The average molecular weight is 489 g/mol. The molecule has 2 aliphatic carbocycles. The largest absolute Gasteiger partial charge is 0.399 e. The predicted octanol–water partition coefficient (Wildman–Crippen LogP) is 7.52. The van der Waals surface area contributed by atoms with Crippen LogP contribution in [0.25, 0.3) is 6.08 Å². The van der Waals surface area contributed by atoms with Gasteiger partial charge in [-0.25, -0.2) is 0 Å². The fraction of sp³-hybridized carbons (Fsp3) is 0.348. The quantitative estimate of drug-likeness (QED) is 0.433. The van der Waals surface area contributed by atoms with Crippen molar-refractivity contribution in [2.45, 2.75) is 43.8 Å². The van der Waals surface area contributed by atoms with Gasteiger partial charge in [0.2, 0.25) is 5.91 Å². The smallest absolute Gasteiger partial charge is 0.349 e. The molecule has 0 bridgehead atoms. The lowest BCUT2D eigenvalue weighted by Gasteiger charge is -2.18. The highest BCUT2D eigenvalue weighted by Gasteiger charge is 2.39. The third-order valence-corrected chi connectivity index (χ3v) is 6.91. The first kappa shape index (κ1) is 22.5. The molecule has 2 unspecified atom stereocenters. The molecule has 2 atom stereocenters. The van der Waals surface area contributed by atoms with Crippen LogP contribution >= 0.6 is 34.8 Å². The Morgan fingerprint density at radius 2 is 1.74 bits per heavy atom. The Kier molecular flexibility index (Phi) is 6.30. The van der Waals surface area contributed by atoms with Crippen LogP contribution in [0.3, 0.4) is 0 Å². The summed E-state index contributed by atoms with van der Waals surface area (Å²) in [5, 5.41) is 3.06. The molecule has 1 saturated carbocycles. The van der Waals surface area contributed by atoms with Crippen LogP contribution in [-0.2, 0) is 11.2 Å². The molecular weight excluding hydrogens is 470 g/mol. The second-order valence-corrected chi connectivity index (χ2v) is 9.20. The molecule has 0 aromatic heterocycles. The highest BCUT2D eigenvalue weighted by molar-refractivity contribution is 6.48. The topological polar surface area (TPSA) is 29.1 Å². The molecule has 0 heterocycles. The van der Waals surface area contributed by atoms with Gasteiger partial charge in [-0.15, -0.1) is 0 Å². The summed E-state index contributed by atoms with van der Waals surface area (Å²) in [5.74, 6) is -1.64. The Morgan fingerprint density at radius 1 is 1.06 bits per heavy atom. The Bertz CT molecular complexity index is 1020. The van der Waals surface area contributed by atoms with Crippen LogP contribution in [0.2, 0.25) is 15.1 Å². The summed E-state index contributed by atoms with van der Waals surface area (Å²) in [4.78, 5) is 12.1. The van der Waals surface area contributed by atoms with E-state index in [0.717, 1.165) is 42.9 Å². The fourth-order valence-electron chi connectivity index (χ4n) is 3.90. The van der Waals surface area contributed by atoms with E-state index in [1.54, 1.807) is 6.07 Å². The molecule has 8 heteroatoms. The lowest BCUT2D eigenvalue weighted by atomic mass is 9.96. The van der Waals surface area contributed by atoms with Gasteiger partial charge in [0.25, 0.3) is 0 Å². The van der Waals surface area contributed by atoms with Gasteiger partial charge in [-0.2, -0.15) is 13.2 Å². The minimum absolute atomic E-state index is 0.0244. The molecular formula is C23H19Cl3F3NO. The first-order valence-electron chi connectivity index (χ1n) is 9.96. The molecule has 1 N–H and O–H groups in total. The highest BCUT2D eigenvalue weighted by atomic mass is 35.5. The van der Waals surface area contributed by atoms with Crippen LogP contribution in [0.4, 0.5) is 13.2 Å². The van der Waals surface area contributed by atoms with E-state index in [4.69, 9.17) is 34.8 Å². The number of alkyl halides is 3. The van der Waals surface area contributed by atoms with E-state index in [0.29, 0.717) is 5.56 Å². The molecule has 0 radical (unpaired) electrons. The van der Waals surface area contributed by atoms with Crippen LogP contribution in [-0.4, -0.2) is 12.1 Å². The van der Waals surface area contributed by atoms with Crippen LogP contribution in [0.1, 0.15) is 53.5 Å². The van der Waals surface area contributed by atoms with E-state index in [-0.39, 0.29) is 38.5 Å². The van der Waals surface area contributed by atoms with Gasteiger partial charge in [0, 0.05) is 5.92 Å². The maximum atomic E-state index is 13.7. The van der Waals surface area contributed by atoms with Gasteiger partial charge in [-0.3, -0.25) is 4.79 Å². The van der Waals surface area contributed by atoms with Crippen molar-refractivity contribution >= 4 is 46.8 Å². The van der Waals surface area contributed by atoms with E-state index in [9.17, 15) is 18.0 Å². The maximum absolute atomic E-state index is 13.7. The summed E-state index contributed by atoms with van der Waals surface area (Å²) in [6, 6.07) is 7.89. The highest BCUT2D eigenvalue weighted by Crippen LogP contribution is 2.41. The van der Waals surface area contributed by atoms with Crippen molar-refractivity contribution in [3.8, 4) is 0 Å². The van der Waals surface area contributed by atoms with Crippen LogP contribution in [0, 0.1) is 5.92 Å². The Hall–Kier alpha value is -1.69. The minimum atomic E-state index is -4.52. The molecule has 0 spiro atoms. The van der Waals surface area contributed by atoms with Gasteiger partial charge in [-0.1, -0.05) is 65.2 Å². The summed E-state index contributed by atoms with van der Waals surface area (Å²) in [6.45, 7) is 0.